The lowest BCUT2D eigenvalue weighted by molar-refractivity contribution is -0.171. The highest BCUT2D eigenvalue weighted by atomic mass is 16.7. The van der Waals surface area contributed by atoms with Crippen LogP contribution in [0.15, 0.2) is 24.0 Å². The van der Waals surface area contributed by atoms with Crippen molar-refractivity contribution in [2.24, 2.45) is 17.8 Å². The third-order valence-electron chi connectivity index (χ3n) is 9.53. The van der Waals surface area contributed by atoms with E-state index in [1.54, 1.807) is 32.9 Å². The number of carbonyl (C=O) groups excluding carboxylic acids is 4. The van der Waals surface area contributed by atoms with Crippen LogP contribution in [0.5, 0.6) is 11.5 Å². The third-order valence-corrected chi connectivity index (χ3v) is 9.53. The van der Waals surface area contributed by atoms with E-state index in [2.05, 4.69) is 12.2 Å². The predicted octanol–water partition coefficient (Wildman–Crippen LogP) is 3.97. The van der Waals surface area contributed by atoms with E-state index < -0.39 is 65.3 Å². The Bertz CT molecular complexity index is 1440. The first kappa shape index (κ1) is 33.6. The normalized spacial score (nSPS) is 28.5. The summed E-state index contributed by atoms with van der Waals surface area (Å²) in [6.07, 6.45) is 0.0347. The highest BCUT2D eigenvalue weighted by Crippen LogP contribution is 2.68. The number of aromatic hydroxyl groups is 1. The Kier molecular flexibility index (Phi) is 8.82. The number of phenols is 1. The fourth-order valence-electron chi connectivity index (χ4n) is 7.46. The lowest BCUT2D eigenvalue weighted by Crippen LogP contribution is -2.69. The van der Waals surface area contributed by atoms with Gasteiger partial charge in [-0.3, -0.25) is 9.59 Å². The standard InChI is InChI=1S/C34H45NO11/c1-17(2)16-42-30(39)22(35-29(38)19(4)43-31(40)46-32(5,6)7)15-25(37)44-24-11-13-34(41)21-14-20-8-9-23(36)27-26(20)33(34,28(24)45-27)12-10-18(21)3/h8-9,11,17-19,21-22,28,36,41H,10,12-16H2,1-7H3,(H,35,38)/t18?,19-,21-,22-,28-,33-,34+/m0/s1. The molecule has 12 heteroatoms. The minimum Gasteiger partial charge on any atom is -0.504 e. The summed E-state index contributed by atoms with van der Waals surface area (Å²) in [5.74, 6) is -1.93. The Morgan fingerprint density at radius 2 is 1.87 bits per heavy atom. The molecule has 7 atom stereocenters. The quantitative estimate of drug-likeness (QED) is 0.263. The zero-order valence-electron chi connectivity index (χ0n) is 27.5. The molecule has 1 heterocycles. The maximum atomic E-state index is 13.4. The van der Waals surface area contributed by atoms with Crippen LogP contribution in [0.1, 0.15) is 85.3 Å². The lowest BCUT2D eigenvalue weighted by Gasteiger charge is -2.61. The maximum Gasteiger partial charge on any atom is 0.509 e. The van der Waals surface area contributed by atoms with Gasteiger partial charge in [-0.1, -0.05) is 26.8 Å². The van der Waals surface area contributed by atoms with Gasteiger partial charge < -0.3 is 39.2 Å². The van der Waals surface area contributed by atoms with Gasteiger partial charge in [0.1, 0.15) is 17.4 Å². The molecule has 0 radical (unpaired) electrons. The molecule has 0 saturated heterocycles. The molecule has 1 fully saturated rings. The van der Waals surface area contributed by atoms with E-state index in [1.807, 2.05) is 19.9 Å². The summed E-state index contributed by atoms with van der Waals surface area (Å²) in [5, 5.41) is 25.5. The molecule has 1 unspecified atom stereocenters. The van der Waals surface area contributed by atoms with Crippen molar-refractivity contribution in [2.45, 2.75) is 115 Å². The van der Waals surface area contributed by atoms with Crippen LogP contribution in [0.2, 0.25) is 0 Å². The second-order valence-electron chi connectivity index (χ2n) is 14.5. The van der Waals surface area contributed by atoms with E-state index in [1.165, 1.54) is 6.92 Å². The molecular weight excluding hydrogens is 598 g/mol. The number of aliphatic hydroxyl groups is 1. The lowest BCUT2D eigenvalue weighted by atomic mass is 9.45. The largest absolute Gasteiger partial charge is 0.509 e. The van der Waals surface area contributed by atoms with Crippen LogP contribution in [0, 0.1) is 17.8 Å². The third kappa shape index (κ3) is 5.91. The van der Waals surface area contributed by atoms with E-state index in [9.17, 15) is 29.4 Å². The molecule has 0 aromatic heterocycles. The van der Waals surface area contributed by atoms with Crippen molar-refractivity contribution in [2.75, 3.05) is 6.61 Å². The monoisotopic (exact) mass is 643 g/mol. The Labute approximate surface area is 268 Å². The molecule has 252 valence electrons. The van der Waals surface area contributed by atoms with E-state index in [0.717, 1.165) is 17.5 Å². The summed E-state index contributed by atoms with van der Waals surface area (Å²) in [4.78, 5) is 51.5. The Morgan fingerprint density at radius 1 is 1.15 bits per heavy atom. The molecule has 1 saturated carbocycles. The van der Waals surface area contributed by atoms with Crippen molar-refractivity contribution in [1.29, 1.82) is 0 Å². The molecule has 46 heavy (non-hydrogen) atoms. The van der Waals surface area contributed by atoms with Gasteiger partial charge >= 0.3 is 18.1 Å². The highest BCUT2D eigenvalue weighted by Gasteiger charge is 2.72. The maximum absolute atomic E-state index is 13.4. The second-order valence-corrected chi connectivity index (χ2v) is 14.5. The van der Waals surface area contributed by atoms with Crippen LogP contribution in [-0.4, -0.2) is 70.3 Å². The second kappa shape index (κ2) is 12.1. The molecule has 1 spiro atoms. The number of carbonyl (C=O) groups is 4. The van der Waals surface area contributed by atoms with Gasteiger partial charge in [-0.15, -0.1) is 0 Å². The number of ether oxygens (including phenoxy) is 5. The van der Waals surface area contributed by atoms with Gasteiger partial charge in [-0.25, -0.2) is 9.59 Å². The number of hydrogen-bond donors (Lipinski definition) is 3. The number of esters is 2. The van der Waals surface area contributed by atoms with Crippen molar-refractivity contribution < 1.29 is 53.1 Å². The highest BCUT2D eigenvalue weighted by molar-refractivity contribution is 5.90. The molecule has 3 aliphatic carbocycles. The topological polar surface area (TPSA) is 167 Å². The summed E-state index contributed by atoms with van der Waals surface area (Å²) in [7, 11) is 0. The van der Waals surface area contributed by atoms with Gasteiger partial charge in [-0.2, -0.15) is 0 Å². The SMILES string of the molecule is CC(C)COC(=O)[C@H](CC(=O)OC1=CC[C@@]2(O)[C@H]3Cc4ccc(O)c5c4[C@@]2(CCC3C)[C@H]1O5)NC(=O)[C@H](C)OC(=O)OC(C)(C)C. The van der Waals surface area contributed by atoms with Gasteiger partial charge in [0.15, 0.2) is 23.7 Å². The Hall–Kier alpha value is -3.80. The fraction of sp³-hybridized carbons (Fsp3) is 0.647. The van der Waals surface area contributed by atoms with Crippen molar-refractivity contribution in [1.82, 2.24) is 5.32 Å². The molecule has 4 aliphatic rings. The molecule has 12 nitrogen and oxygen atoms in total. The minimum atomic E-state index is -1.45. The van der Waals surface area contributed by atoms with E-state index in [0.29, 0.717) is 18.6 Å². The van der Waals surface area contributed by atoms with Gasteiger partial charge in [0.25, 0.3) is 5.91 Å². The molecule has 2 bridgehead atoms. The van der Waals surface area contributed by atoms with Gasteiger partial charge in [0.2, 0.25) is 0 Å². The first-order valence-electron chi connectivity index (χ1n) is 16.0. The van der Waals surface area contributed by atoms with E-state index in [4.69, 9.17) is 23.7 Å². The summed E-state index contributed by atoms with van der Waals surface area (Å²) >= 11 is 0. The first-order chi connectivity index (χ1) is 21.5. The molecule has 1 amide bonds. The minimum absolute atomic E-state index is 0.00735. The van der Waals surface area contributed by atoms with Gasteiger partial charge in [0, 0.05) is 5.56 Å². The van der Waals surface area contributed by atoms with E-state index in [-0.39, 0.29) is 42.3 Å². The number of amides is 1. The van der Waals surface area contributed by atoms with Crippen LogP contribution in [0.25, 0.3) is 0 Å². The molecule has 3 N–H and O–H groups in total. The summed E-state index contributed by atoms with van der Waals surface area (Å²) in [6.45, 7) is 12.1. The Balaban J connectivity index is 1.35. The van der Waals surface area contributed by atoms with Crippen LogP contribution in [0.3, 0.4) is 0 Å². The Morgan fingerprint density at radius 3 is 2.54 bits per heavy atom. The number of benzene rings is 1. The van der Waals surface area contributed by atoms with Crippen molar-refractivity contribution >= 4 is 24.0 Å². The van der Waals surface area contributed by atoms with Crippen LogP contribution in [-0.2, 0) is 45.2 Å². The summed E-state index contributed by atoms with van der Waals surface area (Å²) in [5.41, 5.74) is -1.16. The average molecular weight is 644 g/mol. The van der Waals surface area contributed by atoms with Crippen molar-refractivity contribution in [3.8, 4) is 11.5 Å². The number of hydrogen-bond acceptors (Lipinski definition) is 11. The fourth-order valence-corrected chi connectivity index (χ4v) is 7.46. The first-order valence-corrected chi connectivity index (χ1v) is 16.0. The number of rotatable bonds is 9. The zero-order chi connectivity index (χ0) is 33.8. The van der Waals surface area contributed by atoms with Gasteiger partial charge in [-0.05, 0) is 88.8 Å². The van der Waals surface area contributed by atoms with Crippen molar-refractivity contribution in [3.05, 3.63) is 35.1 Å². The summed E-state index contributed by atoms with van der Waals surface area (Å²) in [6, 6.07) is 2.01. The van der Waals surface area contributed by atoms with Crippen molar-refractivity contribution in [3.63, 3.8) is 0 Å². The van der Waals surface area contributed by atoms with Crippen LogP contribution >= 0.6 is 0 Å². The molecular formula is C34H45NO11. The molecule has 1 aromatic carbocycles. The smallest absolute Gasteiger partial charge is 0.504 e. The average Bonchev–Trinajstić information content (AvgIpc) is 3.31. The van der Waals surface area contributed by atoms with Crippen LogP contribution in [0.4, 0.5) is 4.79 Å². The molecule has 1 aliphatic heterocycles. The number of phenolic OH excluding ortho intramolecular Hbond substituents is 1. The molecule has 1 aromatic rings. The predicted molar refractivity (Wildman–Crippen MR) is 163 cm³/mol. The van der Waals surface area contributed by atoms with E-state index >= 15 is 0 Å². The van der Waals surface area contributed by atoms with Crippen LogP contribution < -0.4 is 10.1 Å². The summed E-state index contributed by atoms with van der Waals surface area (Å²) < 4.78 is 27.7. The zero-order valence-corrected chi connectivity index (χ0v) is 27.5. The molecule has 5 rings (SSSR count). The van der Waals surface area contributed by atoms with Gasteiger partial charge in [0.05, 0.1) is 24.0 Å². The number of nitrogens with one attached hydrogen (secondary N) is 1.